The number of H-pyrrole nitrogens is 1. The number of benzene rings is 2. The Hall–Kier alpha value is -2.63. The summed E-state index contributed by atoms with van der Waals surface area (Å²) in [6.07, 6.45) is 3.59. The van der Waals surface area contributed by atoms with Gasteiger partial charge in [0.2, 0.25) is 0 Å². The van der Waals surface area contributed by atoms with Gasteiger partial charge in [-0.1, -0.05) is 30.3 Å². The molecule has 0 bridgehead atoms. The van der Waals surface area contributed by atoms with Crippen molar-refractivity contribution in [3.8, 4) is 27.6 Å². The average Bonchev–Trinajstić information content (AvgIpc) is 3.35. The molecule has 25 heavy (non-hydrogen) atoms. The zero-order valence-corrected chi connectivity index (χ0v) is 14.7. The molecule has 0 amide bonds. The van der Waals surface area contributed by atoms with E-state index in [9.17, 15) is 0 Å². The molecule has 126 valence electrons. The number of nitrogens with zero attached hydrogens (tertiary/aromatic N) is 1. The van der Waals surface area contributed by atoms with Crippen LogP contribution < -0.4 is 4.74 Å². The normalized spacial score (nSPS) is 11.1. The second kappa shape index (κ2) is 7.09. The lowest BCUT2D eigenvalue weighted by Crippen LogP contribution is -2.06. The first-order valence-electron chi connectivity index (χ1n) is 8.09. The SMILES string of the molecule is COCCOc1c(-c2ncc[nH]2)cc2ccccc2c1-c1cccs1. The van der Waals surface area contributed by atoms with Gasteiger partial charge in [0.1, 0.15) is 18.2 Å². The highest BCUT2D eigenvalue weighted by Crippen LogP contribution is 2.44. The third-order valence-electron chi connectivity index (χ3n) is 4.06. The van der Waals surface area contributed by atoms with Crippen LogP contribution in [0.3, 0.4) is 0 Å². The molecule has 2 heterocycles. The number of aromatic nitrogens is 2. The summed E-state index contributed by atoms with van der Waals surface area (Å²) >= 11 is 1.71. The Balaban J connectivity index is 2.00. The second-order valence-electron chi connectivity index (χ2n) is 5.61. The van der Waals surface area contributed by atoms with E-state index in [2.05, 4.69) is 57.8 Å². The van der Waals surface area contributed by atoms with Crippen molar-refractivity contribution in [1.29, 1.82) is 0 Å². The fraction of sp³-hybridized carbons (Fsp3) is 0.150. The number of rotatable bonds is 6. The molecule has 0 atom stereocenters. The Morgan fingerprint density at radius 2 is 2.04 bits per heavy atom. The van der Waals surface area contributed by atoms with Gasteiger partial charge in [-0.2, -0.15) is 0 Å². The van der Waals surface area contributed by atoms with Gasteiger partial charge in [-0.25, -0.2) is 4.98 Å². The van der Waals surface area contributed by atoms with E-state index in [1.807, 2.05) is 6.20 Å². The molecule has 4 aromatic rings. The number of methoxy groups -OCH3 is 1. The van der Waals surface area contributed by atoms with Crippen molar-refractivity contribution in [2.24, 2.45) is 0 Å². The molecule has 4 rings (SSSR count). The fourth-order valence-electron chi connectivity index (χ4n) is 2.96. The Bertz CT molecular complexity index is 963. The van der Waals surface area contributed by atoms with Gasteiger partial charge in [0.15, 0.2) is 0 Å². The maximum atomic E-state index is 6.19. The van der Waals surface area contributed by atoms with E-state index in [4.69, 9.17) is 9.47 Å². The van der Waals surface area contributed by atoms with Gasteiger partial charge in [0, 0.05) is 29.9 Å². The quantitative estimate of drug-likeness (QED) is 0.499. The van der Waals surface area contributed by atoms with Crippen molar-refractivity contribution in [2.75, 3.05) is 20.3 Å². The number of hydrogen-bond acceptors (Lipinski definition) is 4. The molecule has 0 spiro atoms. The topological polar surface area (TPSA) is 47.1 Å². The summed E-state index contributed by atoms with van der Waals surface area (Å²) in [5, 5.41) is 4.42. The Morgan fingerprint density at radius 3 is 2.80 bits per heavy atom. The molecule has 1 N–H and O–H groups in total. The first-order valence-corrected chi connectivity index (χ1v) is 8.97. The van der Waals surface area contributed by atoms with E-state index in [0.29, 0.717) is 13.2 Å². The largest absolute Gasteiger partial charge is 0.490 e. The summed E-state index contributed by atoms with van der Waals surface area (Å²) in [6, 6.07) is 14.7. The van der Waals surface area contributed by atoms with Crippen molar-refractivity contribution in [3.63, 3.8) is 0 Å². The lowest BCUT2D eigenvalue weighted by molar-refractivity contribution is 0.147. The van der Waals surface area contributed by atoms with Gasteiger partial charge in [-0.05, 0) is 28.3 Å². The van der Waals surface area contributed by atoms with E-state index >= 15 is 0 Å². The van der Waals surface area contributed by atoms with Crippen LogP contribution in [0, 0.1) is 0 Å². The molecule has 0 saturated carbocycles. The van der Waals surface area contributed by atoms with E-state index in [1.165, 1.54) is 10.3 Å². The molecule has 2 aromatic heterocycles. The monoisotopic (exact) mass is 350 g/mol. The number of aromatic amines is 1. The van der Waals surface area contributed by atoms with Crippen LogP contribution in [0.5, 0.6) is 5.75 Å². The fourth-order valence-corrected chi connectivity index (χ4v) is 3.74. The van der Waals surface area contributed by atoms with Gasteiger partial charge in [0.05, 0.1) is 12.2 Å². The van der Waals surface area contributed by atoms with Crippen LogP contribution in [0.15, 0.2) is 60.2 Å². The van der Waals surface area contributed by atoms with Crippen LogP contribution >= 0.6 is 11.3 Å². The standard InChI is InChI=1S/C20H18N2O2S/c1-23-10-11-24-19-16(20-21-8-9-22-20)13-14-5-2-3-6-15(14)18(19)17-7-4-12-25-17/h2-9,12-13H,10-11H2,1H3,(H,21,22). The third kappa shape index (κ3) is 3.04. The van der Waals surface area contributed by atoms with Gasteiger partial charge < -0.3 is 14.5 Å². The summed E-state index contributed by atoms with van der Waals surface area (Å²) in [7, 11) is 1.68. The van der Waals surface area contributed by atoms with Gasteiger partial charge >= 0.3 is 0 Å². The van der Waals surface area contributed by atoms with Crippen LogP contribution in [0.25, 0.3) is 32.6 Å². The predicted octanol–water partition coefficient (Wildman–Crippen LogP) is 4.98. The minimum atomic E-state index is 0.487. The Labute approximate surface area is 150 Å². The minimum Gasteiger partial charge on any atom is -0.490 e. The van der Waals surface area contributed by atoms with Gasteiger partial charge in [-0.3, -0.25) is 0 Å². The van der Waals surface area contributed by atoms with Crippen molar-refractivity contribution in [2.45, 2.75) is 0 Å². The minimum absolute atomic E-state index is 0.487. The summed E-state index contributed by atoms with van der Waals surface area (Å²) < 4.78 is 11.4. The van der Waals surface area contributed by atoms with E-state index in [0.717, 1.165) is 28.1 Å². The zero-order valence-electron chi connectivity index (χ0n) is 13.9. The number of ether oxygens (including phenoxy) is 2. The first-order chi connectivity index (χ1) is 12.4. The van der Waals surface area contributed by atoms with Crippen LogP contribution in [0.2, 0.25) is 0 Å². The molecule has 0 saturated heterocycles. The molecule has 2 aromatic carbocycles. The highest BCUT2D eigenvalue weighted by molar-refractivity contribution is 7.13. The summed E-state index contributed by atoms with van der Waals surface area (Å²) in [6.45, 7) is 1.02. The molecule has 0 aliphatic heterocycles. The number of imidazole rings is 1. The number of fused-ring (bicyclic) bond motifs is 1. The Kier molecular flexibility index (Phi) is 4.50. The van der Waals surface area contributed by atoms with Crippen LogP contribution in [-0.4, -0.2) is 30.3 Å². The molecule has 0 aliphatic carbocycles. The van der Waals surface area contributed by atoms with E-state index in [-0.39, 0.29) is 0 Å². The van der Waals surface area contributed by atoms with Gasteiger partial charge in [-0.15, -0.1) is 11.3 Å². The maximum absolute atomic E-state index is 6.19. The summed E-state index contributed by atoms with van der Waals surface area (Å²) in [4.78, 5) is 8.82. The highest BCUT2D eigenvalue weighted by Gasteiger charge is 2.19. The second-order valence-corrected chi connectivity index (χ2v) is 6.55. The Morgan fingerprint density at radius 1 is 1.12 bits per heavy atom. The number of nitrogens with one attached hydrogen (secondary N) is 1. The summed E-state index contributed by atoms with van der Waals surface area (Å²) in [5.74, 6) is 1.64. The molecule has 0 radical (unpaired) electrons. The molecule has 0 aliphatic rings. The van der Waals surface area contributed by atoms with Crippen LogP contribution in [0.4, 0.5) is 0 Å². The summed E-state index contributed by atoms with van der Waals surface area (Å²) in [5.41, 5.74) is 2.07. The lowest BCUT2D eigenvalue weighted by atomic mass is 9.97. The van der Waals surface area contributed by atoms with Crippen molar-refractivity contribution in [3.05, 3.63) is 60.2 Å². The molecule has 0 unspecified atom stereocenters. The highest BCUT2D eigenvalue weighted by atomic mass is 32.1. The molecule has 0 fully saturated rings. The molecule has 5 heteroatoms. The van der Waals surface area contributed by atoms with Crippen molar-refractivity contribution in [1.82, 2.24) is 9.97 Å². The molecule has 4 nitrogen and oxygen atoms in total. The first kappa shape index (κ1) is 15.9. The van der Waals surface area contributed by atoms with E-state index < -0.39 is 0 Å². The van der Waals surface area contributed by atoms with Crippen molar-refractivity contribution >= 4 is 22.1 Å². The van der Waals surface area contributed by atoms with Gasteiger partial charge in [0.25, 0.3) is 0 Å². The van der Waals surface area contributed by atoms with Crippen molar-refractivity contribution < 1.29 is 9.47 Å². The third-order valence-corrected chi connectivity index (χ3v) is 4.94. The smallest absolute Gasteiger partial charge is 0.141 e. The predicted molar refractivity (Wildman–Crippen MR) is 102 cm³/mol. The number of hydrogen-bond donors (Lipinski definition) is 1. The average molecular weight is 350 g/mol. The van der Waals surface area contributed by atoms with Crippen LogP contribution in [0.1, 0.15) is 0 Å². The maximum Gasteiger partial charge on any atom is 0.141 e. The lowest BCUT2D eigenvalue weighted by Gasteiger charge is -2.17. The molecular formula is C20H18N2O2S. The number of thiophene rings is 1. The van der Waals surface area contributed by atoms with E-state index in [1.54, 1.807) is 24.6 Å². The van der Waals surface area contributed by atoms with Crippen LogP contribution in [-0.2, 0) is 4.74 Å². The molecular weight excluding hydrogens is 332 g/mol. The zero-order chi connectivity index (χ0) is 17.1.